The van der Waals surface area contributed by atoms with Crippen LogP contribution in [0.3, 0.4) is 0 Å². The van der Waals surface area contributed by atoms with E-state index in [2.05, 4.69) is 54.3 Å². The average Bonchev–Trinajstić information content (AvgIpc) is 2.56. The molecule has 0 radical (unpaired) electrons. The Hall–Kier alpha value is -2.36. The van der Waals surface area contributed by atoms with Crippen molar-refractivity contribution in [3.8, 4) is 11.6 Å². The Morgan fingerprint density at radius 3 is 2.83 bits per heavy atom. The minimum Gasteiger partial charge on any atom is -0.438 e. The van der Waals surface area contributed by atoms with Crippen LogP contribution in [-0.2, 0) is 0 Å². The van der Waals surface area contributed by atoms with Crippen molar-refractivity contribution in [1.82, 2.24) is 10.3 Å². The van der Waals surface area contributed by atoms with Gasteiger partial charge in [-0.2, -0.15) is 0 Å². The van der Waals surface area contributed by atoms with E-state index in [1.807, 2.05) is 12.1 Å². The number of aromatic nitrogens is 1. The van der Waals surface area contributed by atoms with E-state index in [0.29, 0.717) is 11.8 Å². The number of nitrogens with zero attached hydrogens (tertiary/aromatic N) is 2. The molecule has 0 spiro atoms. The van der Waals surface area contributed by atoms with Crippen LogP contribution in [0.2, 0.25) is 0 Å². The van der Waals surface area contributed by atoms with Gasteiger partial charge in [0, 0.05) is 19.3 Å². The fourth-order valence-electron chi connectivity index (χ4n) is 2.68. The van der Waals surface area contributed by atoms with Gasteiger partial charge in [0.25, 0.3) is 0 Å². The van der Waals surface area contributed by atoms with Gasteiger partial charge in [-0.3, -0.25) is 4.99 Å². The van der Waals surface area contributed by atoms with Crippen molar-refractivity contribution in [2.24, 2.45) is 4.99 Å². The Bertz CT molecular complexity index is 722. The maximum atomic E-state index is 6.20. The van der Waals surface area contributed by atoms with E-state index >= 15 is 0 Å². The van der Waals surface area contributed by atoms with Crippen LogP contribution < -0.4 is 10.1 Å². The topological polar surface area (TPSA) is 46.5 Å². The Morgan fingerprint density at radius 2 is 2.09 bits per heavy atom. The molecule has 0 aliphatic carbocycles. The summed E-state index contributed by atoms with van der Waals surface area (Å²) in [6.07, 6.45) is 2.82. The highest BCUT2D eigenvalue weighted by atomic mass is 16.5. The Labute approximate surface area is 137 Å². The summed E-state index contributed by atoms with van der Waals surface area (Å²) in [6, 6.07) is 10.2. The summed E-state index contributed by atoms with van der Waals surface area (Å²) in [7, 11) is 0. The van der Waals surface area contributed by atoms with Gasteiger partial charge in [-0.15, -0.1) is 0 Å². The molecule has 1 aliphatic heterocycles. The molecule has 0 saturated carbocycles. The molecule has 1 aromatic heterocycles. The fourth-order valence-corrected chi connectivity index (χ4v) is 2.68. The highest BCUT2D eigenvalue weighted by Gasteiger charge is 2.16. The van der Waals surface area contributed by atoms with E-state index < -0.39 is 0 Å². The number of amidine groups is 1. The SMILES string of the molecule is Cc1ccc(C(C)C)c(Oc2ncccc2C2=NCCCN2)c1. The molecule has 1 aliphatic rings. The summed E-state index contributed by atoms with van der Waals surface area (Å²) in [5.74, 6) is 2.74. The molecule has 3 rings (SSSR count). The van der Waals surface area contributed by atoms with Crippen LogP contribution in [0.5, 0.6) is 11.6 Å². The zero-order chi connectivity index (χ0) is 16.2. The molecule has 0 atom stereocenters. The number of pyridine rings is 1. The van der Waals surface area contributed by atoms with E-state index in [1.165, 1.54) is 11.1 Å². The summed E-state index contributed by atoms with van der Waals surface area (Å²) in [5, 5.41) is 3.34. The van der Waals surface area contributed by atoms with Crippen LogP contribution in [0.25, 0.3) is 0 Å². The molecule has 0 fully saturated rings. The third kappa shape index (κ3) is 3.52. The molecule has 0 saturated heterocycles. The number of aliphatic imine (C=N–C) groups is 1. The van der Waals surface area contributed by atoms with E-state index in [4.69, 9.17) is 4.74 Å². The van der Waals surface area contributed by atoms with Crippen molar-refractivity contribution in [1.29, 1.82) is 0 Å². The van der Waals surface area contributed by atoms with Crippen molar-refractivity contribution in [2.45, 2.75) is 33.1 Å². The highest BCUT2D eigenvalue weighted by molar-refractivity contribution is 6.01. The molecule has 4 nitrogen and oxygen atoms in total. The van der Waals surface area contributed by atoms with Gasteiger partial charge in [-0.05, 0) is 48.6 Å². The van der Waals surface area contributed by atoms with E-state index in [0.717, 1.165) is 36.7 Å². The van der Waals surface area contributed by atoms with Crippen LogP contribution in [0, 0.1) is 6.92 Å². The fraction of sp³-hybridized carbons (Fsp3) is 0.368. The number of aryl methyl sites for hydroxylation is 1. The van der Waals surface area contributed by atoms with Crippen LogP contribution in [0.1, 0.15) is 42.9 Å². The number of benzene rings is 1. The van der Waals surface area contributed by atoms with Crippen molar-refractivity contribution < 1.29 is 4.74 Å². The summed E-state index contributed by atoms with van der Waals surface area (Å²) in [5.41, 5.74) is 3.28. The lowest BCUT2D eigenvalue weighted by Gasteiger charge is -2.18. The molecule has 2 aromatic rings. The largest absolute Gasteiger partial charge is 0.438 e. The molecular weight excluding hydrogens is 286 g/mol. The number of hydrogen-bond donors (Lipinski definition) is 1. The van der Waals surface area contributed by atoms with Gasteiger partial charge in [-0.25, -0.2) is 4.98 Å². The predicted molar refractivity (Wildman–Crippen MR) is 93.6 cm³/mol. The van der Waals surface area contributed by atoms with Gasteiger partial charge in [-0.1, -0.05) is 26.0 Å². The van der Waals surface area contributed by atoms with Gasteiger partial charge >= 0.3 is 0 Å². The molecule has 2 heterocycles. The van der Waals surface area contributed by atoms with Crippen molar-refractivity contribution in [2.75, 3.05) is 13.1 Å². The molecule has 0 bridgehead atoms. The lowest BCUT2D eigenvalue weighted by atomic mass is 10.0. The number of ether oxygens (including phenoxy) is 1. The van der Waals surface area contributed by atoms with Gasteiger partial charge in [0.2, 0.25) is 5.88 Å². The smallest absolute Gasteiger partial charge is 0.230 e. The van der Waals surface area contributed by atoms with Crippen LogP contribution >= 0.6 is 0 Å². The van der Waals surface area contributed by atoms with Crippen molar-refractivity contribution in [3.63, 3.8) is 0 Å². The standard InChI is InChI=1S/C19H23N3O/c1-13(2)15-8-7-14(3)12-17(15)23-19-16(6-4-9-22-19)18-20-10-5-11-21-18/h4,6-9,12-13H,5,10-11H2,1-3H3,(H,20,21). The second-order valence-corrected chi connectivity index (χ2v) is 6.16. The second kappa shape index (κ2) is 6.82. The third-order valence-electron chi connectivity index (χ3n) is 3.92. The predicted octanol–water partition coefficient (Wildman–Crippen LogP) is 4.05. The molecule has 1 N–H and O–H groups in total. The van der Waals surface area contributed by atoms with Crippen LogP contribution in [-0.4, -0.2) is 23.9 Å². The van der Waals surface area contributed by atoms with Crippen LogP contribution in [0.4, 0.5) is 0 Å². The molecule has 0 amide bonds. The second-order valence-electron chi connectivity index (χ2n) is 6.16. The first-order chi connectivity index (χ1) is 11.1. The lowest BCUT2D eigenvalue weighted by molar-refractivity contribution is 0.452. The number of hydrogen-bond acceptors (Lipinski definition) is 4. The zero-order valence-electron chi connectivity index (χ0n) is 14.0. The maximum Gasteiger partial charge on any atom is 0.230 e. The molecule has 120 valence electrons. The summed E-state index contributed by atoms with van der Waals surface area (Å²) >= 11 is 0. The first-order valence-corrected chi connectivity index (χ1v) is 8.17. The molecule has 4 heteroatoms. The Morgan fingerprint density at radius 1 is 1.22 bits per heavy atom. The van der Waals surface area contributed by atoms with Gasteiger partial charge < -0.3 is 10.1 Å². The highest BCUT2D eigenvalue weighted by Crippen LogP contribution is 2.32. The van der Waals surface area contributed by atoms with Crippen molar-refractivity contribution in [3.05, 3.63) is 53.2 Å². The van der Waals surface area contributed by atoms with E-state index in [-0.39, 0.29) is 0 Å². The minimum absolute atomic E-state index is 0.392. The third-order valence-corrected chi connectivity index (χ3v) is 3.92. The minimum atomic E-state index is 0.392. The van der Waals surface area contributed by atoms with Gasteiger partial charge in [0.15, 0.2) is 0 Å². The monoisotopic (exact) mass is 309 g/mol. The first-order valence-electron chi connectivity index (χ1n) is 8.17. The summed E-state index contributed by atoms with van der Waals surface area (Å²) < 4.78 is 6.20. The summed E-state index contributed by atoms with van der Waals surface area (Å²) in [4.78, 5) is 9.00. The first kappa shape index (κ1) is 15.5. The normalized spacial score (nSPS) is 14.3. The van der Waals surface area contributed by atoms with E-state index in [9.17, 15) is 0 Å². The maximum absolute atomic E-state index is 6.20. The summed E-state index contributed by atoms with van der Waals surface area (Å²) in [6.45, 7) is 8.20. The lowest BCUT2D eigenvalue weighted by Crippen LogP contribution is -2.30. The molecule has 0 unspecified atom stereocenters. The quantitative estimate of drug-likeness (QED) is 0.927. The number of rotatable bonds is 4. The Balaban J connectivity index is 1.98. The molecule has 23 heavy (non-hydrogen) atoms. The number of nitrogens with one attached hydrogen (secondary N) is 1. The molecule has 1 aromatic carbocycles. The van der Waals surface area contributed by atoms with Crippen LogP contribution in [0.15, 0.2) is 41.5 Å². The average molecular weight is 309 g/mol. The van der Waals surface area contributed by atoms with Gasteiger partial charge in [0.1, 0.15) is 11.6 Å². The van der Waals surface area contributed by atoms with E-state index in [1.54, 1.807) is 6.20 Å². The zero-order valence-corrected chi connectivity index (χ0v) is 14.0. The van der Waals surface area contributed by atoms with Gasteiger partial charge in [0.05, 0.1) is 5.56 Å². The molecular formula is C19H23N3O. The Kier molecular flexibility index (Phi) is 4.60. The van der Waals surface area contributed by atoms with Crippen molar-refractivity contribution >= 4 is 5.84 Å².